The third-order valence-corrected chi connectivity index (χ3v) is 3.88. The van der Waals surface area contributed by atoms with E-state index in [0.717, 1.165) is 0 Å². The van der Waals surface area contributed by atoms with Crippen LogP contribution in [0.3, 0.4) is 0 Å². The summed E-state index contributed by atoms with van der Waals surface area (Å²) in [5, 5.41) is 9.58. The third-order valence-electron chi connectivity index (χ3n) is 3.88. The van der Waals surface area contributed by atoms with E-state index in [4.69, 9.17) is 14.4 Å². The normalized spacial score (nSPS) is 16.8. The topological polar surface area (TPSA) is 82.1 Å². The monoisotopic (exact) mass is 304 g/mol. The van der Waals surface area contributed by atoms with Crippen LogP contribution in [0.2, 0.25) is 0 Å². The van der Waals surface area contributed by atoms with Gasteiger partial charge in [-0.1, -0.05) is 41.5 Å². The van der Waals surface area contributed by atoms with Gasteiger partial charge in [0, 0.05) is 11.3 Å². The Labute approximate surface area is 126 Å². The number of esters is 2. The fourth-order valence-corrected chi connectivity index (χ4v) is 2.67. The van der Waals surface area contributed by atoms with Gasteiger partial charge in [0.25, 0.3) is 0 Å². The second-order valence-corrected chi connectivity index (χ2v) is 7.27. The molecule has 0 spiro atoms. The molecule has 0 bridgehead atoms. The highest BCUT2D eigenvalue weighted by Crippen LogP contribution is 2.49. The van der Waals surface area contributed by atoms with Crippen LogP contribution < -0.4 is 0 Å². The molecule has 1 N–H and O–H groups in total. The molecule has 0 aromatic heterocycles. The van der Waals surface area contributed by atoms with E-state index in [-0.39, 0.29) is 6.42 Å². The van der Waals surface area contributed by atoms with Gasteiger partial charge in [0.1, 0.15) is 0 Å². The Morgan fingerprint density at radius 2 is 1.48 bits per heavy atom. The molecule has 0 fully saturated rings. The first-order valence-electron chi connectivity index (χ1n) is 6.86. The van der Waals surface area contributed by atoms with Crippen LogP contribution in [0, 0.1) is 16.7 Å². The van der Waals surface area contributed by atoms with Crippen LogP contribution in [0.1, 0.15) is 48.0 Å². The first-order valence-corrected chi connectivity index (χ1v) is 6.86. The molecular weight excluding hydrogens is 276 g/mol. The summed E-state index contributed by atoms with van der Waals surface area (Å²) in [5.74, 6) is -1.85. The molecule has 0 heterocycles. The predicted octanol–water partition coefficient (Wildman–Crippen LogP) is 2.66. The van der Waals surface area contributed by atoms with Gasteiger partial charge in [0.2, 0.25) is 5.60 Å². The number of ether oxygens (including phenoxy) is 2. The molecule has 0 amide bonds. The van der Waals surface area contributed by atoms with Crippen LogP contribution in [0.4, 0.5) is 0 Å². The molecule has 0 radical (unpaired) electrons. The first-order chi connectivity index (χ1) is 9.38. The quantitative estimate of drug-likeness (QED) is 0.478. The van der Waals surface area contributed by atoms with Crippen molar-refractivity contribution in [2.75, 3.05) is 14.2 Å². The summed E-state index contributed by atoms with van der Waals surface area (Å²) in [7, 11) is 2.50. The number of carbonyl (C=O) groups is 2. The smallest absolute Gasteiger partial charge is 0.342 e. The zero-order valence-electron chi connectivity index (χ0n) is 14.3. The second kappa shape index (κ2) is 6.75. The first kappa shape index (κ1) is 19.9. The molecule has 6 nitrogen and oxygen atoms in total. The van der Waals surface area contributed by atoms with Crippen molar-refractivity contribution in [1.82, 2.24) is 0 Å². The van der Waals surface area contributed by atoms with Gasteiger partial charge in [-0.25, -0.2) is 9.68 Å². The standard InChI is InChI=1S/C15H28O6/c1-13(2,3)10(9-11(16)19-7)15(21-18,12(17)20-8)14(4,5)6/h10,18H,9H2,1-8H3. The van der Waals surface area contributed by atoms with Crippen molar-refractivity contribution in [3.8, 4) is 0 Å². The van der Waals surface area contributed by atoms with E-state index >= 15 is 0 Å². The second-order valence-electron chi connectivity index (χ2n) is 7.27. The summed E-state index contributed by atoms with van der Waals surface area (Å²) in [4.78, 5) is 28.9. The van der Waals surface area contributed by atoms with Crippen LogP contribution in [0.5, 0.6) is 0 Å². The minimum Gasteiger partial charge on any atom is -0.469 e. The van der Waals surface area contributed by atoms with Crippen molar-refractivity contribution in [3.63, 3.8) is 0 Å². The summed E-state index contributed by atoms with van der Waals surface area (Å²) in [5.41, 5.74) is -3.01. The Hall–Kier alpha value is -1.14. The summed E-state index contributed by atoms with van der Waals surface area (Å²) >= 11 is 0. The molecule has 0 aromatic carbocycles. The zero-order chi connectivity index (χ0) is 17.1. The van der Waals surface area contributed by atoms with E-state index in [1.807, 2.05) is 20.8 Å². The fraction of sp³-hybridized carbons (Fsp3) is 0.867. The Morgan fingerprint density at radius 3 is 1.71 bits per heavy atom. The SMILES string of the molecule is COC(=O)CC(C(C)(C)C)C(OO)(C(=O)OC)C(C)(C)C. The molecule has 0 aliphatic carbocycles. The highest BCUT2D eigenvalue weighted by atomic mass is 17.1. The minimum absolute atomic E-state index is 0.0765. The number of hydrogen-bond acceptors (Lipinski definition) is 6. The van der Waals surface area contributed by atoms with Crippen molar-refractivity contribution >= 4 is 11.9 Å². The van der Waals surface area contributed by atoms with E-state index in [2.05, 4.69) is 0 Å². The molecule has 0 saturated carbocycles. The summed E-state index contributed by atoms with van der Waals surface area (Å²) in [6.07, 6.45) is -0.0765. The fourth-order valence-electron chi connectivity index (χ4n) is 2.67. The van der Waals surface area contributed by atoms with Gasteiger partial charge in [0.05, 0.1) is 20.6 Å². The van der Waals surface area contributed by atoms with Crippen molar-refractivity contribution in [1.29, 1.82) is 0 Å². The maximum Gasteiger partial charge on any atom is 0.342 e. The molecule has 2 atom stereocenters. The lowest BCUT2D eigenvalue weighted by molar-refractivity contribution is -0.362. The summed E-state index contributed by atoms with van der Waals surface area (Å²) in [6, 6.07) is 0. The Balaban J connectivity index is 6.15. The molecule has 6 heteroatoms. The van der Waals surface area contributed by atoms with E-state index in [0.29, 0.717) is 0 Å². The molecule has 21 heavy (non-hydrogen) atoms. The van der Waals surface area contributed by atoms with E-state index < -0.39 is 34.3 Å². The highest BCUT2D eigenvalue weighted by molar-refractivity contribution is 5.82. The highest BCUT2D eigenvalue weighted by Gasteiger charge is 2.61. The number of carbonyl (C=O) groups excluding carboxylic acids is 2. The lowest BCUT2D eigenvalue weighted by atomic mass is 9.60. The van der Waals surface area contributed by atoms with Gasteiger partial charge in [-0.15, -0.1) is 0 Å². The summed E-state index contributed by atoms with van der Waals surface area (Å²) < 4.78 is 9.56. The maximum absolute atomic E-state index is 12.4. The van der Waals surface area contributed by atoms with Gasteiger partial charge in [0.15, 0.2) is 0 Å². The zero-order valence-corrected chi connectivity index (χ0v) is 14.3. The Morgan fingerprint density at radius 1 is 1.00 bits per heavy atom. The van der Waals surface area contributed by atoms with Crippen molar-refractivity contribution in [2.24, 2.45) is 16.7 Å². The van der Waals surface area contributed by atoms with Crippen LogP contribution in [0.25, 0.3) is 0 Å². The van der Waals surface area contributed by atoms with E-state index in [1.165, 1.54) is 14.2 Å². The Kier molecular flexibility index (Phi) is 6.38. The average Bonchev–Trinajstić information content (AvgIpc) is 2.35. The maximum atomic E-state index is 12.4. The number of hydrogen-bond donors (Lipinski definition) is 1. The van der Waals surface area contributed by atoms with E-state index in [9.17, 15) is 14.8 Å². The van der Waals surface area contributed by atoms with Gasteiger partial charge in [-0.05, 0) is 5.41 Å². The molecule has 0 rings (SSSR count). The molecule has 0 aromatic rings. The molecule has 0 aliphatic rings. The van der Waals surface area contributed by atoms with Crippen LogP contribution in [-0.4, -0.2) is 37.0 Å². The molecule has 0 aliphatic heterocycles. The van der Waals surface area contributed by atoms with Crippen LogP contribution >= 0.6 is 0 Å². The van der Waals surface area contributed by atoms with Gasteiger partial charge >= 0.3 is 11.9 Å². The third kappa shape index (κ3) is 3.95. The Bertz CT molecular complexity index is 377. The van der Waals surface area contributed by atoms with Crippen LogP contribution in [-0.2, 0) is 24.0 Å². The lowest BCUT2D eigenvalue weighted by Crippen LogP contribution is -2.61. The predicted molar refractivity (Wildman–Crippen MR) is 77.5 cm³/mol. The minimum atomic E-state index is -1.69. The van der Waals surface area contributed by atoms with Gasteiger partial charge in [-0.2, -0.15) is 0 Å². The average molecular weight is 304 g/mol. The van der Waals surface area contributed by atoms with Gasteiger partial charge < -0.3 is 9.47 Å². The van der Waals surface area contributed by atoms with Gasteiger partial charge in [-0.3, -0.25) is 10.1 Å². The lowest BCUT2D eigenvalue weighted by Gasteiger charge is -2.48. The molecular formula is C15H28O6. The molecule has 2 unspecified atom stereocenters. The molecule has 124 valence electrons. The molecule has 0 saturated heterocycles. The van der Waals surface area contributed by atoms with Crippen molar-refractivity contribution < 1.29 is 29.2 Å². The van der Waals surface area contributed by atoms with Crippen molar-refractivity contribution in [2.45, 2.75) is 53.6 Å². The number of rotatable bonds is 5. The largest absolute Gasteiger partial charge is 0.469 e. The van der Waals surface area contributed by atoms with E-state index in [1.54, 1.807) is 20.8 Å². The van der Waals surface area contributed by atoms with Crippen molar-refractivity contribution in [3.05, 3.63) is 0 Å². The summed E-state index contributed by atoms with van der Waals surface area (Å²) in [6.45, 7) is 10.8. The van der Waals surface area contributed by atoms with Crippen LogP contribution in [0.15, 0.2) is 0 Å². The number of methoxy groups -OCH3 is 2.